The summed E-state index contributed by atoms with van der Waals surface area (Å²) in [6.07, 6.45) is 14.3. The van der Waals surface area contributed by atoms with E-state index in [1.54, 1.807) is 6.42 Å². The van der Waals surface area contributed by atoms with Crippen molar-refractivity contribution < 1.29 is 15.0 Å². The fraction of sp³-hybridized carbons (Fsp3) is 0.882. The molecule has 0 aromatic carbocycles. The van der Waals surface area contributed by atoms with Crippen molar-refractivity contribution in [3.05, 3.63) is 6.42 Å². The van der Waals surface area contributed by atoms with E-state index in [0.717, 1.165) is 19.1 Å². The second kappa shape index (κ2) is 15.0. The van der Waals surface area contributed by atoms with Gasteiger partial charge in [-0.3, -0.25) is 0 Å². The molecule has 2 N–H and O–H groups in total. The zero-order valence-electron chi connectivity index (χ0n) is 13.1. The molecule has 0 amide bonds. The lowest BCUT2D eigenvalue weighted by molar-refractivity contribution is -0.107. The largest absolute Gasteiger partial charge is 0.396 e. The Bertz CT molecular complexity index is 206. The molecule has 2 atom stereocenters. The Balaban J connectivity index is 3.43. The molecule has 3 heteroatoms. The van der Waals surface area contributed by atoms with Crippen molar-refractivity contribution in [2.45, 2.75) is 83.7 Å². The molecule has 0 aliphatic heterocycles. The summed E-state index contributed by atoms with van der Waals surface area (Å²) in [5.41, 5.74) is 0. The lowest BCUT2D eigenvalue weighted by Gasteiger charge is -2.19. The molecule has 0 aromatic rings. The summed E-state index contributed by atoms with van der Waals surface area (Å²) in [5, 5.41) is 19.0. The third kappa shape index (κ3) is 11.4. The Morgan fingerprint density at radius 3 is 2.00 bits per heavy atom. The van der Waals surface area contributed by atoms with Crippen LogP contribution in [0.15, 0.2) is 0 Å². The highest BCUT2D eigenvalue weighted by molar-refractivity contribution is 5.51. The second-order valence-corrected chi connectivity index (χ2v) is 5.69. The van der Waals surface area contributed by atoms with Gasteiger partial charge in [0, 0.05) is 18.9 Å². The van der Waals surface area contributed by atoms with Crippen molar-refractivity contribution in [3.8, 4) is 0 Å². The van der Waals surface area contributed by atoms with Gasteiger partial charge in [0.25, 0.3) is 0 Å². The Hall–Kier alpha value is -0.410. The normalized spacial score (nSPS) is 14.2. The first kappa shape index (κ1) is 19.6. The first-order chi connectivity index (χ1) is 9.76. The van der Waals surface area contributed by atoms with Gasteiger partial charge in [-0.2, -0.15) is 0 Å². The van der Waals surface area contributed by atoms with Crippen LogP contribution in [0.2, 0.25) is 0 Å². The number of aldehydes is 1. The molecular formula is C17H33O3. The molecular weight excluding hydrogens is 252 g/mol. The summed E-state index contributed by atoms with van der Waals surface area (Å²) in [7, 11) is 0. The van der Waals surface area contributed by atoms with Crippen LogP contribution in [0.5, 0.6) is 0 Å². The van der Waals surface area contributed by atoms with Crippen LogP contribution in [0.4, 0.5) is 0 Å². The molecule has 0 fully saturated rings. The summed E-state index contributed by atoms with van der Waals surface area (Å²) >= 11 is 0. The molecule has 3 nitrogen and oxygen atoms in total. The maximum atomic E-state index is 10.2. The lowest BCUT2D eigenvalue weighted by atomic mass is 9.93. The number of hydrogen-bond acceptors (Lipinski definition) is 3. The van der Waals surface area contributed by atoms with Gasteiger partial charge in [-0.15, -0.1) is 0 Å². The van der Waals surface area contributed by atoms with Crippen molar-refractivity contribution in [2.24, 2.45) is 5.92 Å². The minimum absolute atomic E-state index is 0.00641. The molecule has 0 aliphatic carbocycles. The van der Waals surface area contributed by atoms with Gasteiger partial charge < -0.3 is 15.0 Å². The van der Waals surface area contributed by atoms with E-state index in [2.05, 4.69) is 6.92 Å². The van der Waals surface area contributed by atoms with Crippen LogP contribution in [0.3, 0.4) is 0 Å². The fourth-order valence-electron chi connectivity index (χ4n) is 2.47. The van der Waals surface area contributed by atoms with E-state index in [-0.39, 0.29) is 18.9 Å². The van der Waals surface area contributed by atoms with Crippen molar-refractivity contribution in [3.63, 3.8) is 0 Å². The van der Waals surface area contributed by atoms with Crippen LogP contribution in [0.1, 0.15) is 77.6 Å². The average molecular weight is 285 g/mol. The second-order valence-electron chi connectivity index (χ2n) is 5.69. The number of aliphatic hydroxyl groups is 2. The van der Waals surface area contributed by atoms with Gasteiger partial charge in [0.2, 0.25) is 0 Å². The number of carbonyl (C=O) groups excluding carboxylic acids is 1. The molecule has 0 saturated carbocycles. The molecule has 1 radical (unpaired) electrons. The van der Waals surface area contributed by atoms with Gasteiger partial charge in [-0.1, -0.05) is 64.7 Å². The summed E-state index contributed by atoms with van der Waals surface area (Å²) in [5.74, 6) is -0.112. The van der Waals surface area contributed by atoms with Gasteiger partial charge in [0.05, 0.1) is 6.10 Å². The summed E-state index contributed by atoms with van der Waals surface area (Å²) in [6, 6.07) is 0. The highest BCUT2D eigenvalue weighted by atomic mass is 16.3. The fourth-order valence-corrected chi connectivity index (χ4v) is 2.47. The standard InChI is InChI=1S/C17H33O3/c1-2-3-4-5-6-7-8-9-10-12-16(15-19)17(20)13-11-14-18/h13-14,16-17,19-20H,2-12,15H2,1H3/t16-,17?/m1/s1. The van der Waals surface area contributed by atoms with Crippen LogP contribution in [-0.4, -0.2) is 29.2 Å². The molecule has 0 saturated heterocycles. The molecule has 0 aliphatic rings. The lowest BCUT2D eigenvalue weighted by Crippen LogP contribution is -2.24. The molecule has 119 valence electrons. The predicted molar refractivity (Wildman–Crippen MR) is 83.4 cm³/mol. The zero-order valence-corrected chi connectivity index (χ0v) is 13.1. The van der Waals surface area contributed by atoms with Crippen molar-refractivity contribution in [1.82, 2.24) is 0 Å². The first-order valence-corrected chi connectivity index (χ1v) is 8.32. The van der Waals surface area contributed by atoms with Gasteiger partial charge in [0.15, 0.2) is 0 Å². The van der Waals surface area contributed by atoms with Crippen LogP contribution in [-0.2, 0) is 4.79 Å². The maximum Gasteiger partial charge on any atom is 0.120 e. The Morgan fingerprint density at radius 1 is 0.950 bits per heavy atom. The van der Waals surface area contributed by atoms with E-state index >= 15 is 0 Å². The molecule has 0 rings (SSSR count). The quantitative estimate of drug-likeness (QED) is 0.356. The summed E-state index contributed by atoms with van der Waals surface area (Å²) in [4.78, 5) is 10.2. The summed E-state index contributed by atoms with van der Waals surface area (Å²) in [6.45, 7) is 2.23. The van der Waals surface area contributed by atoms with Crippen LogP contribution in [0, 0.1) is 12.3 Å². The minimum Gasteiger partial charge on any atom is -0.396 e. The number of unbranched alkanes of at least 4 members (excludes halogenated alkanes) is 8. The molecule has 20 heavy (non-hydrogen) atoms. The average Bonchev–Trinajstić information content (AvgIpc) is 2.47. The molecule has 1 unspecified atom stereocenters. The number of aliphatic hydroxyl groups excluding tert-OH is 2. The Morgan fingerprint density at radius 2 is 1.50 bits per heavy atom. The predicted octanol–water partition coefficient (Wildman–Crippen LogP) is 3.67. The highest BCUT2D eigenvalue weighted by Crippen LogP contribution is 2.17. The third-order valence-electron chi connectivity index (χ3n) is 3.87. The topological polar surface area (TPSA) is 57.5 Å². The van der Waals surface area contributed by atoms with Gasteiger partial charge in [0.1, 0.15) is 6.29 Å². The Labute approximate surface area is 124 Å². The number of carbonyl (C=O) groups is 1. The smallest absolute Gasteiger partial charge is 0.120 e. The third-order valence-corrected chi connectivity index (χ3v) is 3.87. The van der Waals surface area contributed by atoms with Gasteiger partial charge in [-0.25, -0.2) is 0 Å². The number of rotatable bonds is 15. The molecule has 0 aromatic heterocycles. The van der Waals surface area contributed by atoms with Crippen LogP contribution in [0.25, 0.3) is 0 Å². The van der Waals surface area contributed by atoms with Gasteiger partial charge >= 0.3 is 0 Å². The Kier molecular flexibility index (Phi) is 14.7. The SMILES string of the molecule is CCCCCCCCCCC[C@H](CO)C(O)[CH]CC=O. The van der Waals surface area contributed by atoms with Crippen LogP contribution < -0.4 is 0 Å². The van der Waals surface area contributed by atoms with E-state index in [4.69, 9.17) is 0 Å². The van der Waals surface area contributed by atoms with E-state index in [9.17, 15) is 15.0 Å². The first-order valence-electron chi connectivity index (χ1n) is 8.32. The minimum atomic E-state index is -0.653. The van der Waals surface area contributed by atoms with Crippen molar-refractivity contribution >= 4 is 6.29 Å². The van der Waals surface area contributed by atoms with E-state index in [1.807, 2.05) is 0 Å². The van der Waals surface area contributed by atoms with Crippen molar-refractivity contribution in [1.29, 1.82) is 0 Å². The van der Waals surface area contributed by atoms with E-state index in [0.29, 0.717) is 0 Å². The summed E-state index contributed by atoms with van der Waals surface area (Å²) < 4.78 is 0. The highest BCUT2D eigenvalue weighted by Gasteiger charge is 2.17. The van der Waals surface area contributed by atoms with E-state index in [1.165, 1.54) is 51.4 Å². The van der Waals surface area contributed by atoms with E-state index < -0.39 is 6.10 Å². The molecule has 0 bridgehead atoms. The molecule has 0 spiro atoms. The van der Waals surface area contributed by atoms with Gasteiger partial charge in [-0.05, 0) is 12.8 Å². The maximum absolute atomic E-state index is 10.2. The monoisotopic (exact) mass is 285 g/mol. The number of hydrogen-bond donors (Lipinski definition) is 2. The zero-order chi connectivity index (χ0) is 15.1. The van der Waals surface area contributed by atoms with Crippen molar-refractivity contribution in [2.75, 3.05) is 6.61 Å². The molecule has 0 heterocycles. The van der Waals surface area contributed by atoms with Crippen LogP contribution >= 0.6 is 0 Å².